The summed E-state index contributed by atoms with van der Waals surface area (Å²) < 4.78 is 0. The van der Waals surface area contributed by atoms with Crippen LogP contribution in [0.25, 0.3) is 0 Å². The zero-order chi connectivity index (χ0) is 8.93. The summed E-state index contributed by atoms with van der Waals surface area (Å²) >= 11 is 0. The molecule has 2 unspecified atom stereocenters. The Hall–Kier alpha value is -0.0400. The quantitative estimate of drug-likeness (QED) is 0.664. The van der Waals surface area contributed by atoms with Crippen LogP contribution in [0.1, 0.15) is 27.7 Å². The smallest absolute Gasteiger partial charge is 0.00142 e. The highest BCUT2D eigenvalue weighted by molar-refractivity contribution is 5.09. The molecule has 1 aliphatic heterocycles. The van der Waals surface area contributed by atoms with Crippen molar-refractivity contribution in [2.24, 2.45) is 29.1 Å². The fourth-order valence-corrected chi connectivity index (χ4v) is 2.91. The zero-order valence-electron chi connectivity index (χ0n) is 8.72. The van der Waals surface area contributed by atoms with Gasteiger partial charge in [0, 0.05) is 0 Å². The van der Waals surface area contributed by atoms with Crippen molar-refractivity contribution in [1.82, 2.24) is 5.32 Å². The van der Waals surface area contributed by atoms with E-state index >= 15 is 0 Å². The Morgan fingerprint density at radius 3 is 2.08 bits per heavy atom. The molecule has 0 spiro atoms. The molecule has 2 fully saturated rings. The van der Waals surface area contributed by atoms with Crippen LogP contribution in [0.15, 0.2) is 0 Å². The lowest BCUT2D eigenvalue weighted by atomic mass is 9.75. The number of piperidine rings is 1. The Kier molecular flexibility index (Phi) is 1.76. The number of hydrogen-bond acceptors (Lipinski definition) is 1. The zero-order valence-corrected chi connectivity index (χ0v) is 8.72. The fraction of sp³-hybridized carbons (Fsp3) is 1.00. The molecule has 0 aromatic rings. The van der Waals surface area contributed by atoms with Gasteiger partial charge in [0.15, 0.2) is 0 Å². The van der Waals surface area contributed by atoms with Gasteiger partial charge >= 0.3 is 0 Å². The molecule has 1 saturated carbocycles. The van der Waals surface area contributed by atoms with E-state index in [1.807, 2.05) is 0 Å². The molecule has 2 rings (SSSR count). The van der Waals surface area contributed by atoms with Gasteiger partial charge in [0.1, 0.15) is 0 Å². The van der Waals surface area contributed by atoms with E-state index in [-0.39, 0.29) is 0 Å². The minimum atomic E-state index is 0.567. The van der Waals surface area contributed by atoms with Crippen LogP contribution in [0.4, 0.5) is 0 Å². The van der Waals surface area contributed by atoms with Gasteiger partial charge in [-0.05, 0) is 42.2 Å². The number of nitrogens with one attached hydrogen (secondary N) is 1. The molecule has 70 valence electrons. The predicted molar refractivity (Wildman–Crippen MR) is 52.0 cm³/mol. The van der Waals surface area contributed by atoms with Gasteiger partial charge in [0.25, 0.3) is 0 Å². The van der Waals surface area contributed by atoms with Gasteiger partial charge in [-0.3, -0.25) is 0 Å². The largest absolute Gasteiger partial charge is 0.316 e. The molecule has 2 aliphatic rings. The fourth-order valence-electron chi connectivity index (χ4n) is 2.91. The lowest BCUT2D eigenvalue weighted by Gasteiger charge is -2.31. The minimum Gasteiger partial charge on any atom is -0.316 e. The maximum Gasteiger partial charge on any atom is -0.00142 e. The molecule has 1 N–H and O–H groups in total. The van der Waals surface area contributed by atoms with Crippen LogP contribution < -0.4 is 5.32 Å². The van der Waals surface area contributed by atoms with E-state index in [1.165, 1.54) is 13.1 Å². The molecule has 0 bridgehead atoms. The topological polar surface area (TPSA) is 12.0 Å². The highest BCUT2D eigenvalue weighted by atomic mass is 15.0. The van der Waals surface area contributed by atoms with Crippen molar-refractivity contribution in [3.05, 3.63) is 0 Å². The first-order valence-electron chi connectivity index (χ1n) is 5.26. The molecule has 1 heterocycles. The molecule has 0 aromatic carbocycles. The van der Waals surface area contributed by atoms with Crippen molar-refractivity contribution < 1.29 is 0 Å². The summed E-state index contributed by atoms with van der Waals surface area (Å²) in [4.78, 5) is 0. The second-order valence-electron chi connectivity index (χ2n) is 5.49. The molecular formula is C11H21N. The average Bonchev–Trinajstić information content (AvgIpc) is 2.48. The van der Waals surface area contributed by atoms with Crippen molar-refractivity contribution in [3.63, 3.8) is 0 Å². The van der Waals surface area contributed by atoms with Crippen LogP contribution in [-0.2, 0) is 0 Å². The van der Waals surface area contributed by atoms with Crippen molar-refractivity contribution in [2.75, 3.05) is 13.1 Å². The molecule has 0 amide bonds. The molecule has 1 nitrogen and oxygen atoms in total. The third-order valence-electron chi connectivity index (χ3n) is 4.44. The summed E-state index contributed by atoms with van der Waals surface area (Å²) in [7, 11) is 0. The lowest BCUT2D eigenvalue weighted by Crippen LogP contribution is -2.28. The molecular weight excluding hydrogens is 146 g/mol. The first-order valence-corrected chi connectivity index (χ1v) is 5.26. The molecule has 0 aromatic heterocycles. The summed E-state index contributed by atoms with van der Waals surface area (Å²) in [5.74, 6) is 3.87. The first kappa shape index (κ1) is 8.55. The molecule has 0 radical (unpaired) electrons. The van der Waals surface area contributed by atoms with Gasteiger partial charge in [-0.2, -0.15) is 0 Å². The van der Waals surface area contributed by atoms with Gasteiger partial charge in [0.05, 0.1) is 0 Å². The summed E-state index contributed by atoms with van der Waals surface area (Å²) in [6.45, 7) is 12.2. The van der Waals surface area contributed by atoms with Gasteiger partial charge in [-0.25, -0.2) is 0 Å². The molecule has 1 heteroatoms. The maximum absolute atomic E-state index is 3.46. The van der Waals surface area contributed by atoms with Gasteiger partial charge in [0.2, 0.25) is 0 Å². The van der Waals surface area contributed by atoms with E-state index in [0.29, 0.717) is 5.41 Å². The van der Waals surface area contributed by atoms with Crippen LogP contribution in [0.3, 0.4) is 0 Å². The highest BCUT2D eigenvalue weighted by Crippen LogP contribution is 2.60. The van der Waals surface area contributed by atoms with Crippen molar-refractivity contribution >= 4 is 0 Å². The number of hydrogen-bond donors (Lipinski definition) is 1. The van der Waals surface area contributed by atoms with Crippen molar-refractivity contribution in [3.8, 4) is 0 Å². The standard InChI is InChI=1S/C11H21N/c1-7(2)11(3,4)10-8-5-12-6-9(8)10/h7-10,12H,5-6H2,1-4H3. The molecule has 1 aliphatic carbocycles. The van der Waals surface area contributed by atoms with Crippen molar-refractivity contribution in [1.29, 1.82) is 0 Å². The van der Waals surface area contributed by atoms with Crippen LogP contribution >= 0.6 is 0 Å². The third-order valence-corrected chi connectivity index (χ3v) is 4.44. The second kappa shape index (κ2) is 2.47. The molecule has 1 saturated heterocycles. The minimum absolute atomic E-state index is 0.567. The van der Waals surface area contributed by atoms with E-state index in [1.54, 1.807) is 0 Å². The average molecular weight is 167 g/mol. The first-order chi connectivity index (χ1) is 5.55. The van der Waals surface area contributed by atoms with Crippen LogP contribution in [-0.4, -0.2) is 13.1 Å². The Bertz CT molecular complexity index is 173. The van der Waals surface area contributed by atoms with Crippen LogP contribution in [0.5, 0.6) is 0 Å². The van der Waals surface area contributed by atoms with E-state index < -0.39 is 0 Å². The summed E-state index contributed by atoms with van der Waals surface area (Å²) in [5.41, 5.74) is 0.567. The normalized spacial score (nSPS) is 40.2. The van der Waals surface area contributed by atoms with E-state index in [0.717, 1.165) is 23.7 Å². The Morgan fingerprint density at radius 2 is 1.67 bits per heavy atom. The Labute approximate surface area is 75.9 Å². The number of rotatable bonds is 2. The molecule has 12 heavy (non-hydrogen) atoms. The van der Waals surface area contributed by atoms with Gasteiger partial charge in [-0.15, -0.1) is 0 Å². The van der Waals surface area contributed by atoms with Gasteiger partial charge < -0.3 is 5.32 Å². The lowest BCUT2D eigenvalue weighted by molar-refractivity contribution is 0.182. The monoisotopic (exact) mass is 167 g/mol. The van der Waals surface area contributed by atoms with Gasteiger partial charge in [-0.1, -0.05) is 27.7 Å². The Balaban J connectivity index is 2.03. The summed E-state index contributed by atoms with van der Waals surface area (Å²) in [6.07, 6.45) is 0. The van der Waals surface area contributed by atoms with Crippen molar-refractivity contribution in [2.45, 2.75) is 27.7 Å². The molecule has 2 atom stereocenters. The SMILES string of the molecule is CC(C)C(C)(C)C1C2CNCC21. The Morgan fingerprint density at radius 1 is 1.17 bits per heavy atom. The summed E-state index contributed by atoms with van der Waals surface area (Å²) in [6, 6.07) is 0. The van der Waals surface area contributed by atoms with Crippen LogP contribution in [0, 0.1) is 29.1 Å². The van der Waals surface area contributed by atoms with E-state index in [9.17, 15) is 0 Å². The maximum atomic E-state index is 3.46. The predicted octanol–water partition coefficient (Wildman–Crippen LogP) is 2.13. The summed E-state index contributed by atoms with van der Waals surface area (Å²) in [5, 5.41) is 3.46. The van der Waals surface area contributed by atoms with E-state index in [2.05, 4.69) is 33.0 Å². The number of fused-ring (bicyclic) bond motifs is 1. The third kappa shape index (κ3) is 1.02. The van der Waals surface area contributed by atoms with E-state index in [4.69, 9.17) is 0 Å². The highest BCUT2D eigenvalue weighted by Gasteiger charge is 2.59. The second-order valence-corrected chi connectivity index (χ2v) is 5.49. The van der Waals surface area contributed by atoms with Crippen LogP contribution in [0.2, 0.25) is 0 Å².